The van der Waals surface area contributed by atoms with Gasteiger partial charge in [0.1, 0.15) is 8.07 Å². The third-order valence-electron chi connectivity index (χ3n) is 5.03. The van der Waals surface area contributed by atoms with Gasteiger partial charge in [-0.1, -0.05) is 99.8 Å². The fourth-order valence-corrected chi connectivity index (χ4v) is 3.76. The molecule has 1 N–H and O–H groups in total. The summed E-state index contributed by atoms with van der Waals surface area (Å²) in [6, 6.07) is 0. The molecule has 0 unspecified atom stereocenters. The molecule has 0 bridgehead atoms. The molecule has 0 saturated carbocycles. The Kier molecular flexibility index (Phi) is 20.0. The predicted octanol–water partition coefficient (Wildman–Crippen LogP) is 7.82. The van der Waals surface area contributed by atoms with Crippen LogP contribution in [0.25, 0.3) is 0 Å². The summed E-state index contributed by atoms with van der Waals surface area (Å²) in [5.41, 5.74) is 2.67. The normalized spacial score (nSPS) is 15.6. The van der Waals surface area contributed by atoms with E-state index in [4.69, 9.17) is 0 Å². The molecule has 0 aliphatic heterocycles. The topological polar surface area (TPSA) is 46.5 Å². The Labute approximate surface area is 207 Å². The van der Waals surface area contributed by atoms with Crippen LogP contribution in [0, 0.1) is 23.3 Å². The third kappa shape index (κ3) is 23.6. The first-order valence-electron chi connectivity index (χ1n) is 11.8. The van der Waals surface area contributed by atoms with Gasteiger partial charge in [0.2, 0.25) is 0 Å². The van der Waals surface area contributed by atoms with Crippen molar-refractivity contribution in [1.29, 1.82) is 0 Å². The van der Waals surface area contributed by atoms with Crippen molar-refractivity contribution >= 4 is 30.0 Å². The van der Waals surface area contributed by atoms with E-state index in [2.05, 4.69) is 84.7 Å². The van der Waals surface area contributed by atoms with Crippen molar-refractivity contribution in [3.63, 3.8) is 0 Å². The number of allylic oxidation sites excluding steroid dienone is 4. The molecule has 0 amide bonds. The number of hydrogen-bond donors (Lipinski definition) is 1. The first kappa shape index (κ1) is 33.1. The number of esters is 1. The Balaban J connectivity index is 0. The van der Waals surface area contributed by atoms with Crippen LogP contribution in [0.5, 0.6) is 0 Å². The largest absolute Gasteiger partial charge is 0.469 e. The van der Waals surface area contributed by atoms with Crippen LogP contribution in [0.3, 0.4) is 0 Å². The lowest BCUT2D eigenvalue weighted by atomic mass is 9.90. The summed E-state index contributed by atoms with van der Waals surface area (Å²) < 4.78 is 4.65. The Hall–Kier alpha value is -1.09. The van der Waals surface area contributed by atoms with Crippen LogP contribution in [0.15, 0.2) is 35.4 Å². The number of rotatable bonds is 12. The summed E-state index contributed by atoms with van der Waals surface area (Å²) in [5, 5.41) is 9.62. The van der Waals surface area contributed by atoms with Gasteiger partial charge in [-0.2, -0.15) is 0 Å². The van der Waals surface area contributed by atoms with Gasteiger partial charge in [0, 0.05) is 6.42 Å². The SMILES string of the molecule is CCCCC[C@@](C)(O)/C=C/Br.COC(=O)CCC[C@H](C)[C@H](C)/C=C/C=C/C#C[Si](C)(C)C. The number of ether oxygens (including phenoxy) is 1. The van der Waals surface area contributed by atoms with Gasteiger partial charge < -0.3 is 9.84 Å². The molecule has 0 aliphatic carbocycles. The molecule has 0 spiro atoms. The summed E-state index contributed by atoms with van der Waals surface area (Å²) >= 11 is 3.15. The highest BCUT2D eigenvalue weighted by molar-refractivity contribution is 9.11. The summed E-state index contributed by atoms with van der Waals surface area (Å²) in [4.78, 5) is 12.8. The van der Waals surface area contributed by atoms with Crippen molar-refractivity contribution in [3.05, 3.63) is 35.4 Å². The number of carbonyl (C=O) groups is 1. The number of unbranched alkanes of at least 4 members (excludes halogenated alkanes) is 2. The highest BCUT2D eigenvalue weighted by Gasteiger charge is 2.14. The van der Waals surface area contributed by atoms with E-state index in [1.54, 1.807) is 11.1 Å². The molecule has 0 aliphatic rings. The number of aliphatic hydroxyl groups is 1. The second-order valence-electron chi connectivity index (χ2n) is 9.68. The second kappa shape index (κ2) is 19.4. The monoisotopic (exact) mass is 526 g/mol. The number of methoxy groups -OCH3 is 1. The first-order valence-corrected chi connectivity index (χ1v) is 16.2. The quantitative estimate of drug-likeness (QED) is 0.0925. The van der Waals surface area contributed by atoms with Gasteiger partial charge in [0.25, 0.3) is 0 Å². The van der Waals surface area contributed by atoms with Crippen molar-refractivity contribution in [3.8, 4) is 11.5 Å². The molecule has 0 fully saturated rings. The molecule has 0 aromatic rings. The minimum atomic E-state index is -1.26. The van der Waals surface area contributed by atoms with Crippen LogP contribution in [0.2, 0.25) is 19.6 Å². The summed E-state index contributed by atoms with van der Waals surface area (Å²) in [7, 11) is 0.180. The van der Waals surface area contributed by atoms with Gasteiger partial charge in [-0.3, -0.25) is 4.79 Å². The minimum absolute atomic E-state index is 0.116. The Morgan fingerprint density at radius 2 is 1.84 bits per heavy atom. The average molecular weight is 528 g/mol. The van der Waals surface area contributed by atoms with Gasteiger partial charge in [-0.15, -0.1) is 5.54 Å². The van der Waals surface area contributed by atoms with Gasteiger partial charge in [-0.25, -0.2) is 0 Å². The van der Waals surface area contributed by atoms with Crippen molar-refractivity contribution < 1.29 is 14.6 Å². The zero-order valence-electron chi connectivity index (χ0n) is 21.7. The zero-order valence-corrected chi connectivity index (χ0v) is 24.3. The Morgan fingerprint density at radius 3 is 2.38 bits per heavy atom. The molecule has 3 atom stereocenters. The third-order valence-corrected chi connectivity index (χ3v) is 6.19. The van der Waals surface area contributed by atoms with Crippen LogP contribution in [-0.4, -0.2) is 31.9 Å². The lowest BCUT2D eigenvalue weighted by Gasteiger charge is -2.17. The molecule has 5 heteroatoms. The van der Waals surface area contributed by atoms with Crippen LogP contribution in [-0.2, 0) is 9.53 Å². The van der Waals surface area contributed by atoms with Crippen LogP contribution < -0.4 is 0 Å². The van der Waals surface area contributed by atoms with Crippen molar-refractivity contribution in [2.45, 2.75) is 97.9 Å². The Morgan fingerprint density at radius 1 is 1.19 bits per heavy atom. The first-order chi connectivity index (χ1) is 14.9. The lowest BCUT2D eigenvalue weighted by molar-refractivity contribution is -0.140. The number of carbonyl (C=O) groups excluding carboxylic acids is 1. The van der Waals surface area contributed by atoms with Crippen LogP contribution in [0.4, 0.5) is 0 Å². The summed E-state index contributed by atoms with van der Waals surface area (Å²) in [5.74, 6) is 4.05. The van der Waals surface area contributed by atoms with Crippen molar-refractivity contribution in [1.82, 2.24) is 0 Å². The van der Waals surface area contributed by atoms with Crippen molar-refractivity contribution in [2.24, 2.45) is 11.8 Å². The standard InChI is InChI=1S/C18H30O2Si.C9H17BrO/c1-16(17(2)13-11-14-18(19)20-3)12-9-7-8-10-15-21(4,5)6;1-3-4-5-6-9(2,11)7-8-10/h7-9,12,16-17H,11,13-14H2,1-6H3;7-8,11H,3-6H2,1-2H3/b8-7+,12-9+;8-7+/t16-,17+;9-/m11/s1. The maximum atomic E-state index is 11.1. The smallest absolute Gasteiger partial charge is 0.305 e. The van der Waals surface area contributed by atoms with Gasteiger partial charge in [0.05, 0.1) is 12.7 Å². The van der Waals surface area contributed by atoms with E-state index in [0.717, 1.165) is 25.7 Å². The predicted molar refractivity (Wildman–Crippen MR) is 146 cm³/mol. The van der Waals surface area contributed by atoms with Gasteiger partial charge in [0.15, 0.2) is 0 Å². The van der Waals surface area contributed by atoms with E-state index >= 15 is 0 Å². The minimum Gasteiger partial charge on any atom is -0.469 e. The molecular formula is C27H47BrO3Si. The molecule has 0 radical (unpaired) electrons. The molecule has 0 rings (SSSR count). The van der Waals surface area contributed by atoms with Crippen LogP contribution >= 0.6 is 15.9 Å². The maximum Gasteiger partial charge on any atom is 0.305 e. The van der Waals surface area contributed by atoms with Gasteiger partial charge in [-0.05, 0) is 55.2 Å². The number of hydrogen-bond acceptors (Lipinski definition) is 3. The summed E-state index contributed by atoms with van der Waals surface area (Å²) in [6.07, 6.45) is 16.8. The van der Waals surface area contributed by atoms with E-state index < -0.39 is 13.7 Å². The van der Waals surface area contributed by atoms with Crippen LogP contribution in [0.1, 0.15) is 72.6 Å². The molecule has 0 aromatic heterocycles. The molecule has 32 heavy (non-hydrogen) atoms. The van der Waals surface area contributed by atoms with E-state index in [-0.39, 0.29) is 5.97 Å². The molecule has 0 aromatic carbocycles. The van der Waals surface area contributed by atoms with E-state index in [1.165, 1.54) is 20.0 Å². The molecule has 184 valence electrons. The van der Waals surface area contributed by atoms with E-state index in [1.807, 2.05) is 19.1 Å². The highest BCUT2D eigenvalue weighted by Crippen LogP contribution is 2.19. The highest BCUT2D eigenvalue weighted by atomic mass is 79.9. The average Bonchev–Trinajstić information content (AvgIpc) is 2.69. The zero-order chi connectivity index (χ0) is 25.0. The van der Waals surface area contributed by atoms with Gasteiger partial charge >= 0.3 is 5.97 Å². The fourth-order valence-electron chi connectivity index (χ4n) is 2.68. The second-order valence-corrected chi connectivity index (χ2v) is 15.0. The molecular weight excluding hydrogens is 480 g/mol. The maximum absolute atomic E-state index is 11.1. The molecule has 0 heterocycles. The van der Waals surface area contributed by atoms with E-state index in [0.29, 0.717) is 18.3 Å². The summed E-state index contributed by atoms with van der Waals surface area (Å²) in [6.45, 7) is 15.1. The molecule has 0 saturated heterocycles. The van der Waals surface area contributed by atoms with Crippen molar-refractivity contribution in [2.75, 3.05) is 7.11 Å². The fraction of sp³-hybridized carbons (Fsp3) is 0.667. The molecule has 3 nitrogen and oxygen atoms in total. The number of halogens is 1. The lowest BCUT2D eigenvalue weighted by Crippen LogP contribution is -2.19. The Bertz CT molecular complexity index is 634. The van der Waals surface area contributed by atoms with E-state index in [9.17, 15) is 9.90 Å².